The fourth-order valence-corrected chi connectivity index (χ4v) is 2.64. The molecule has 0 amide bonds. The van der Waals surface area contributed by atoms with Crippen molar-refractivity contribution in [3.05, 3.63) is 65.2 Å². The molecule has 118 valence electrons. The Morgan fingerprint density at radius 1 is 0.909 bits per heavy atom. The summed E-state index contributed by atoms with van der Waals surface area (Å²) in [6.45, 7) is 10.9. The average Bonchev–Trinajstić information content (AvgIpc) is 2.55. The third-order valence-corrected chi connectivity index (χ3v) is 4.14. The Hall–Kier alpha value is -1.80. The quantitative estimate of drug-likeness (QED) is 0.772. The first-order chi connectivity index (χ1) is 10.7. The summed E-state index contributed by atoms with van der Waals surface area (Å²) < 4.78 is 0. The Kier molecular flexibility index (Phi) is 6.47. The van der Waals surface area contributed by atoms with Crippen molar-refractivity contribution in [1.29, 1.82) is 0 Å². The number of rotatable bonds is 8. The van der Waals surface area contributed by atoms with E-state index < -0.39 is 0 Å². The molecule has 0 aliphatic rings. The van der Waals surface area contributed by atoms with E-state index in [-0.39, 0.29) is 0 Å². The third-order valence-electron chi connectivity index (χ3n) is 4.14. The molecule has 0 heterocycles. The van der Waals surface area contributed by atoms with Crippen LogP contribution in [0.25, 0.3) is 0 Å². The molecule has 1 N–H and O–H groups in total. The molecular weight excluding hydrogens is 268 g/mol. The molecule has 0 aromatic heterocycles. The van der Waals surface area contributed by atoms with Crippen LogP contribution in [0.15, 0.2) is 48.5 Å². The van der Waals surface area contributed by atoms with Crippen LogP contribution in [0.2, 0.25) is 0 Å². The highest BCUT2D eigenvalue weighted by molar-refractivity contribution is 5.45. The SMILES string of the molecule is CCN(CC)CCc1ccc(NCc2cccc(C)c2)cc1. The molecule has 2 aromatic rings. The molecule has 0 fully saturated rings. The Bertz CT molecular complexity index is 556. The molecule has 0 saturated heterocycles. The minimum absolute atomic E-state index is 0.875. The first-order valence-corrected chi connectivity index (χ1v) is 8.32. The zero-order chi connectivity index (χ0) is 15.8. The molecular formula is C20H28N2. The molecule has 0 atom stereocenters. The molecule has 0 aliphatic heterocycles. The number of nitrogens with one attached hydrogen (secondary N) is 1. The Morgan fingerprint density at radius 2 is 1.64 bits per heavy atom. The second-order valence-corrected chi connectivity index (χ2v) is 5.82. The van der Waals surface area contributed by atoms with Gasteiger partial charge in [0.15, 0.2) is 0 Å². The summed E-state index contributed by atoms with van der Waals surface area (Å²) in [5.41, 5.74) is 5.23. The highest BCUT2D eigenvalue weighted by Crippen LogP contribution is 2.13. The van der Waals surface area contributed by atoms with Crippen LogP contribution in [-0.4, -0.2) is 24.5 Å². The van der Waals surface area contributed by atoms with Crippen molar-refractivity contribution in [2.75, 3.05) is 25.0 Å². The summed E-state index contributed by atoms with van der Waals surface area (Å²) in [4.78, 5) is 2.46. The van der Waals surface area contributed by atoms with Crippen molar-refractivity contribution in [2.24, 2.45) is 0 Å². The summed E-state index contributed by atoms with van der Waals surface area (Å²) in [6.07, 6.45) is 1.12. The van der Waals surface area contributed by atoms with Crippen molar-refractivity contribution in [3.63, 3.8) is 0 Å². The summed E-state index contributed by atoms with van der Waals surface area (Å²) in [5, 5.41) is 3.49. The standard InChI is InChI=1S/C20H28N2/c1-4-22(5-2)14-13-18-9-11-20(12-10-18)21-16-19-8-6-7-17(3)15-19/h6-12,15,21H,4-5,13-14,16H2,1-3H3. The van der Waals surface area contributed by atoms with E-state index in [9.17, 15) is 0 Å². The van der Waals surface area contributed by atoms with Crippen molar-refractivity contribution >= 4 is 5.69 Å². The van der Waals surface area contributed by atoms with E-state index in [1.807, 2.05) is 0 Å². The molecule has 2 heteroatoms. The maximum absolute atomic E-state index is 3.49. The minimum Gasteiger partial charge on any atom is -0.381 e. The number of hydrogen-bond donors (Lipinski definition) is 1. The van der Waals surface area contributed by atoms with E-state index in [1.165, 1.54) is 22.4 Å². The molecule has 2 aromatic carbocycles. The minimum atomic E-state index is 0.875. The van der Waals surface area contributed by atoms with E-state index in [2.05, 4.69) is 79.5 Å². The summed E-state index contributed by atoms with van der Waals surface area (Å²) in [7, 11) is 0. The summed E-state index contributed by atoms with van der Waals surface area (Å²) in [5.74, 6) is 0. The van der Waals surface area contributed by atoms with Crippen LogP contribution in [0.4, 0.5) is 5.69 Å². The summed E-state index contributed by atoms with van der Waals surface area (Å²) >= 11 is 0. The predicted molar refractivity (Wildman–Crippen MR) is 96.4 cm³/mol. The second-order valence-electron chi connectivity index (χ2n) is 5.82. The highest BCUT2D eigenvalue weighted by atomic mass is 15.1. The van der Waals surface area contributed by atoms with Gasteiger partial charge in [-0.05, 0) is 49.7 Å². The number of nitrogens with zero attached hydrogens (tertiary/aromatic N) is 1. The molecule has 0 spiro atoms. The van der Waals surface area contributed by atoms with Gasteiger partial charge in [-0.25, -0.2) is 0 Å². The molecule has 22 heavy (non-hydrogen) atoms. The van der Waals surface area contributed by atoms with Crippen molar-refractivity contribution < 1.29 is 0 Å². The Morgan fingerprint density at radius 3 is 2.27 bits per heavy atom. The van der Waals surface area contributed by atoms with Gasteiger partial charge in [-0.3, -0.25) is 0 Å². The maximum Gasteiger partial charge on any atom is 0.0400 e. The molecule has 2 nitrogen and oxygen atoms in total. The van der Waals surface area contributed by atoms with Crippen LogP contribution in [0.1, 0.15) is 30.5 Å². The molecule has 0 unspecified atom stereocenters. The van der Waals surface area contributed by atoms with Crippen LogP contribution in [-0.2, 0) is 13.0 Å². The van der Waals surface area contributed by atoms with E-state index in [4.69, 9.17) is 0 Å². The van der Waals surface area contributed by atoms with Gasteiger partial charge >= 0.3 is 0 Å². The lowest BCUT2D eigenvalue weighted by Crippen LogP contribution is -2.25. The lowest BCUT2D eigenvalue weighted by atomic mass is 10.1. The van der Waals surface area contributed by atoms with Crippen LogP contribution in [0.3, 0.4) is 0 Å². The highest BCUT2D eigenvalue weighted by Gasteiger charge is 2.00. The van der Waals surface area contributed by atoms with Crippen LogP contribution < -0.4 is 5.32 Å². The molecule has 0 saturated carbocycles. The van der Waals surface area contributed by atoms with Gasteiger partial charge in [0.25, 0.3) is 0 Å². The van der Waals surface area contributed by atoms with Crippen molar-refractivity contribution in [3.8, 4) is 0 Å². The van der Waals surface area contributed by atoms with Crippen LogP contribution in [0.5, 0.6) is 0 Å². The van der Waals surface area contributed by atoms with Crippen LogP contribution in [0, 0.1) is 6.92 Å². The first kappa shape index (κ1) is 16.6. The first-order valence-electron chi connectivity index (χ1n) is 8.32. The van der Waals surface area contributed by atoms with Gasteiger partial charge in [0.2, 0.25) is 0 Å². The fraction of sp³-hybridized carbons (Fsp3) is 0.400. The van der Waals surface area contributed by atoms with Gasteiger partial charge in [0.05, 0.1) is 0 Å². The number of hydrogen-bond acceptors (Lipinski definition) is 2. The molecule has 0 aliphatic carbocycles. The largest absolute Gasteiger partial charge is 0.381 e. The average molecular weight is 296 g/mol. The number of aryl methyl sites for hydroxylation is 1. The normalized spacial score (nSPS) is 10.9. The molecule has 0 bridgehead atoms. The van der Waals surface area contributed by atoms with Crippen molar-refractivity contribution in [1.82, 2.24) is 4.90 Å². The third kappa shape index (κ3) is 5.19. The zero-order valence-corrected chi connectivity index (χ0v) is 14.1. The number of likely N-dealkylation sites (N-methyl/N-ethyl adjacent to an activating group) is 1. The topological polar surface area (TPSA) is 15.3 Å². The number of anilines is 1. The van der Waals surface area contributed by atoms with Gasteiger partial charge in [-0.2, -0.15) is 0 Å². The van der Waals surface area contributed by atoms with E-state index >= 15 is 0 Å². The van der Waals surface area contributed by atoms with Gasteiger partial charge < -0.3 is 10.2 Å². The smallest absolute Gasteiger partial charge is 0.0400 e. The van der Waals surface area contributed by atoms with Crippen molar-refractivity contribution in [2.45, 2.75) is 33.7 Å². The monoisotopic (exact) mass is 296 g/mol. The fourth-order valence-electron chi connectivity index (χ4n) is 2.64. The lowest BCUT2D eigenvalue weighted by molar-refractivity contribution is 0.308. The lowest BCUT2D eigenvalue weighted by Gasteiger charge is -2.17. The van der Waals surface area contributed by atoms with Gasteiger partial charge in [0.1, 0.15) is 0 Å². The Balaban J connectivity index is 1.84. The van der Waals surface area contributed by atoms with Gasteiger partial charge in [0, 0.05) is 18.8 Å². The Labute approximate surface area is 135 Å². The molecule has 0 radical (unpaired) electrons. The van der Waals surface area contributed by atoms with E-state index in [0.717, 1.165) is 32.6 Å². The number of benzene rings is 2. The second kappa shape index (κ2) is 8.60. The van der Waals surface area contributed by atoms with E-state index in [1.54, 1.807) is 0 Å². The zero-order valence-electron chi connectivity index (χ0n) is 14.1. The molecule has 2 rings (SSSR count). The van der Waals surface area contributed by atoms with Gasteiger partial charge in [-0.1, -0.05) is 55.8 Å². The van der Waals surface area contributed by atoms with Gasteiger partial charge in [-0.15, -0.1) is 0 Å². The van der Waals surface area contributed by atoms with Crippen LogP contribution >= 0.6 is 0 Å². The summed E-state index contributed by atoms with van der Waals surface area (Å²) in [6, 6.07) is 17.5. The predicted octanol–water partition coefficient (Wildman–Crippen LogP) is 4.49. The van der Waals surface area contributed by atoms with E-state index in [0.29, 0.717) is 0 Å². The maximum atomic E-state index is 3.49.